The highest BCUT2D eigenvalue weighted by Crippen LogP contribution is 2.53. The molecule has 0 aliphatic heterocycles. The SMILES string of the molecule is O=S(=O)(NC12CCC(c3nnc4cnc5[nH]ccc5n34)(CC1)CC2)c1cccc2nonc12. The summed E-state index contributed by atoms with van der Waals surface area (Å²) in [5.74, 6) is 0.944. The van der Waals surface area contributed by atoms with Crippen molar-refractivity contribution in [2.45, 2.75) is 54.4 Å². The zero-order valence-electron chi connectivity index (χ0n) is 17.5. The van der Waals surface area contributed by atoms with Crippen LogP contribution < -0.4 is 4.72 Å². The second kappa shape index (κ2) is 6.35. The van der Waals surface area contributed by atoms with Crippen LogP contribution in [0.5, 0.6) is 0 Å². The van der Waals surface area contributed by atoms with E-state index in [1.54, 1.807) is 24.4 Å². The molecule has 3 aliphatic rings. The van der Waals surface area contributed by atoms with Crippen LogP contribution in [0.15, 0.2) is 46.2 Å². The molecule has 0 spiro atoms. The van der Waals surface area contributed by atoms with Crippen LogP contribution in [-0.2, 0) is 15.4 Å². The average molecular weight is 465 g/mol. The van der Waals surface area contributed by atoms with E-state index >= 15 is 0 Å². The highest BCUT2D eigenvalue weighted by atomic mass is 32.2. The van der Waals surface area contributed by atoms with Gasteiger partial charge in [0.25, 0.3) is 0 Å². The third kappa shape index (κ3) is 2.64. The monoisotopic (exact) mass is 464 g/mol. The molecule has 3 aliphatic carbocycles. The molecular formula is C21H20N8O3S. The van der Waals surface area contributed by atoms with Crippen LogP contribution in [0, 0.1) is 0 Å². The van der Waals surface area contributed by atoms with Gasteiger partial charge in [0, 0.05) is 17.2 Å². The van der Waals surface area contributed by atoms with Crippen molar-refractivity contribution in [1.29, 1.82) is 0 Å². The van der Waals surface area contributed by atoms with Crippen molar-refractivity contribution in [1.82, 2.24) is 39.6 Å². The van der Waals surface area contributed by atoms with Crippen molar-refractivity contribution in [2.75, 3.05) is 0 Å². The van der Waals surface area contributed by atoms with E-state index in [4.69, 9.17) is 4.63 Å². The molecule has 0 saturated heterocycles. The molecule has 0 unspecified atom stereocenters. The topological polar surface area (TPSA) is 144 Å². The quantitative estimate of drug-likeness (QED) is 0.413. The molecule has 12 heteroatoms. The fourth-order valence-corrected chi connectivity index (χ4v) is 7.37. The Morgan fingerprint density at radius 3 is 2.67 bits per heavy atom. The lowest BCUT2D eigenvalue weighted by molar-refractivity contribution is 0.0883. The Kier molecular flexibility index (Phi) is 3.68. The Bertz CT molecular complexity index is 1630. The molecule has 33 heavy (non-hydrogen) atoms. The van der Waals surface area contributed by atoms with Gasteiger partial charge < -0.3 is 4.98 Å². The first-order valence-corrected chi connectivity index (χ1v) is 12.4. The minimum atomic E-state index is -3.79. The smallest absolute Gasteiger partial charge is 0.243 e. The molecule has 3 fully saturated rings. The molecule has 5 aromatic rings. The normalized spacial score (nSPS) is 25.5. The Morgan fingerprint density at radius 2 is 1.85 bits per heavy atom. The van der Waals surface area contributed by atoms with Gasteiger partial charge in [-0.3, -0.25) is 4.40 Å². The molecule has 0 radical (unpaired) electrons. The number of hydrogen-bond donors (Lipinski definition) is 2. The zero-order chi connectivity index (χ0) is 22.3. The summed E-state index contributed by atoms with van der Waals surface area (Å²) in [6, 6.07) is 6.86. The number of H-pyrrole nitrogens is 1. The first-order valence-electron chi connectivity index (χ1n) is 10.9. The van der Waals surface area contributed by atoms with Crippen molar-refractivity contribution in [3.05, 3.63) is 42.5 Å². The van der Waals surface area contributed by atoms with Gasteiger partial charge in [0.15, 0.2) is 16.8 Å². The van der Waals surface area contributed by atoms with E-state index in [1.807, 2.05) is 12.3 Å². The molecular weight excluding hydrogens is 444 g/mol. The Labute approximate surface area is 187 Å². The maximum absolute atomic E-state index is 13.3. The van der Waals surface area contributed by atoms with Gasteiger partial charge in [0.1, 0.15) is 16.2 Å². The molecule has 11 nitrogen and oxygen atoms in total. The number of benzene rings is 1. The molecule has 168 valence electrons. The van der Waals surface area contributed by atoms with Crippen LogP contribution in [0.4, 0.5) is 0 Å². The zero-order valence-corrected chi connectivity index (χ0v) is 18.3. The molecule has 2 N–H and O–H groups in total. The van der Waals surface area contributed by atoms with Crippen LogP contribution >= 0.6 is 0 Å². The summed E-state index contributed by atoms with van der Waals surface area (Å²) >= 11 is 0. The second-order valence-corrected chi connectivity index (χ2v) is 10.9. The third-order valence-electron chi connectivity index (χ3n) is 7.55. The van der Waals surface area contributed by atoms with Crippen LogP contribution in [-0.4, -0.2) is 48.8 Å². The van der Waals surface area contributed by atoms with Crippen LogP contribution in [0.3, 0.4) is 0 Å². The predicted octanol–water partition coefficient (Wildman–Crippen LogP) is 2.46. The maximum Gasteiger partial charge on any atom is 0.243 e. The number of aromatic amines is 1. The lowest BCUT2D eigenvalue weighted by atomic mass is 9.57. The van der Waals surface area contributed by atoms with E-state index in [1.165, 1.54) is 0 Å². The van der Waals surface area contributed by atoms with Crippen LogP contribution in [0.1, 0.15) is 44.3 Å². The maximum atomic E-state index is 13.3. The predicted molar refractivity (Wildman–Crippen MR) is 117 cm³/mol. The van der Waals surface area contributed by atoms with E-state index in [9.17, 15) is 8.42 Å². The minimum absolute atomic E-state index is 0.101. The van der Waals surface area contributed by atoms with Crippen molar-refractivity contribution < 1.29 is 13.0 Å². The van der Waals surface area contributed by atoms with Gasteiger partial charge in [-0.25, -0.2) is 22.8 Å². The number of aromatic nitrogens is 7. The fourth-order valence-electron chi connectivity index (χ4n) is 5.73. The Balaban J connectivity index is 1.22. The van der Waals surface area contributed by atoms with Gasteiger partial charge in [0.05, 0.1) is 11.7 Å². The Morgan fingerprint density at radius 1 is 1.03 bits per heavy atom. The van der Waals surface area contributed by atoms with E-state index < -0.39 is 15.6 Å². The summed E-state index contributed by atoms with van der Waals surface area (Å²) in [5, 5.41) is 16.5. The van der Waals surface area contributed by atoms with Crippen LogP contribution in [0.2, 0.25) is 0 Å². The number of nitrogens with one attached hydrogen (secondary N) is 2. The standard InChI is InChI=1S/C21H20N8O3S/c30-33(31,15-3-1-2-13-17(15)27-32-26-13)28-21-8-5-20(6-9-21,7-10-21)19-25-24-16-12-23-18-14(29(16)19)4-11-22-18/h1-4,11-12,22,28H,5-10H2. The van der Waals surface area contributed by atoms with Crippen LogP contribution in [0.25, 0.3) is 27.8 Å². The first-order chi connectivity index (χ1) is 16.0. The summed E-state index contributed by atoms with van der Waals surface area (Å²) in [6.07, 6.45) is 8.29. The van der Waals surface area contributed by atoms with E-state index in [-0.39, 0.29) is 15.8 Å². The lowest BCUT2D eigenvalue weighted by Gasteiger charge is -2.52. The molecule has 1 aromatic carbocycles. The average Bonchev–Trinajstić information content (AvgIpc) is 3.57. The molecule has 3 saturated carbocycles. The van der Waals surface area contributed by atoms with E-state index in [0.717, 1.165) is 61.2 Å². The van der Waals surface area contributed by atoms with Gasteiger partial charge in [-0.2, -0.15) is 0 Å². The largest absolute Gasteiger partial charge is 0.345 e. The fraction of sp³-hybridized carbons (Fsp3) is 0.381. The molecule has 2 bridgehead atoms. The lowest BCUT2D eigenvalue weighted by Crippen LogP contribution is -2.58. The van der Waals surface area contributed by atoms with E-state index in [2.05, 4.69) is 39.6 Å². The summed E-state index contributed by atoms with van der Waals surface area (Å²) in [7, 11) is -3.79. The Hall–Kier alpha value is -3.38. The first kappa shape index (κ1) is 19.1. The van der Waals surface area contributed by atoms with Gasteiger partial charge in [-0.05, 0) is 67.0 Å². The second-order valence-electron chi connectivity index (χ2n) is 9.24. The third-order valence-corrected chi connectivity index (χ3v) is 9.16. The van der Waals surface area contributed by atoms with Crippen molar-refractivity contribution in [3.8, 4) is 0 Å². The summed E-state index contributed by atoms with van der Waals surface area (Å²) in [4.78, 5) is 7.66. The summed E-state index contributed by atoms with van der Waals surface area (Å²) in [6.45, 7) is 0. The van der Waals surface area contributed by atoms with Crippen molar-refractivity contribution >= 4 is 37.9 Å². The van der Waals surface area contributed by atoms with Gasteiger partial charge in [0.2, 0.25) is 10.0 Å². The van der Waals surface area contributed by atoms with Crippen molar-refractivity contribution in [2.24, 2.45) is 0 Å². The highest BCUT2D eigenvalue weighted by Gasteiger charge is 2.53. The molecule has 8 rings (SSSR count). The summed E-state index contributed by atoms with van der Waals surface area (Å²) < 4.78 is 36.5. The highest BCUT2D eigenvalue weighted by molar-refractivity contribution is 7.89. The van der Waals surface area contributed by atoms with Gasteiger partial charge in [-0.15, -0.1) is 10.2 Å². The van der Waals surface area contributed by atoms with Gasteiger partial charge in [-0.1, -0.05) is 6.07 Å². The molecule has 4 heterocycles. The molecule has 4 aromatic heterocycles. The number of sulfonamides is 1. The summed E-state index contributed by atoms with van der Waals surface area (Å²) in [5.41, 5.74) is 2.54. The molecule has 0 atom stereocenters. The number of nitrogens with zero attached hydrogens (tertiary/aromatic N) is 6. The minimum Gasteiger partial charge on any atom is -0.345 e. The molecule has 0 amide bonds. The number of fused-ring (bicyclic) bond motifs is 7. The van der Waals surface area contributed by atoms with Gasteiger partial charge >= 0.3 is 0 Å². The number of hydrogen-bond acceptors (Lipinski definition) is 8. The van der Waals surface area contributed by atoms with Crippen molar-refractivity contribution in [3.63, 3.8) is 0 Å². The van der Waals surface area contributed by atoms with E-state index in [0.29, 0.717) is 5.52 Å². The number of rotatable bonds is 4.